The van der Waals surface area contributed by atoms with Gasteiger partial charge in [0.2, 0.25) is 0 Å². The Bertz CT molecular complexity index is 1640. The van der Waals surface area contributed by atoms with Crippen LogP contribution in [0.5, 0.6) is 0 Å². The van der Waals surface area contributed by atoms with Crippen molar-refractivity contribution in [1.82, 2.24) is 19.6 Å². The normalized spacial score (nSPS) is 22.1. The monoisotopic (exact) mass is 797 g/mol. The van der Waals surface area contributed by atoms with Crippen LogP contribution in [-0.4, -0.2) is 135 Å². The number of anilines is 2. The molecule has 314 valence electrons. The van der Waals surface area contributed by atoms with E-state index in [4.69, 9.17) is 0 Å². The molecule has 5 aliphatic rings. The number of Topliss-reactive ketones (excluding diaryl/α,β-unsaturated/α-hetero) is 2. The lowest BCUT2D eigenvalue weighted by atomic mass is 9.90. The number of piperidine rings is 2. The highest BCUT2D eigenvalue weighted by molar-refractivity contribution is 5.90. The number of aryl methyl sites for hydroxylation is 1. The summed E-state index contributed by atoms with van der Waals surface area (Å²) < 4.78 is 54.3. The molecular formula is C45H64F4N6O2. The number of alkyl halides is 3. The van der Waals surface area contributed by atoms with Gasteiger partial charge in [0.25, 0.3) is 0 Å². The number of piperazine rings is 2. The Balaban J connectivity index is 0.761. The molecule has 57 heavy (non-hydrogen) atoms. The summed E-state index contributed by atoms with van der Waals surface area (Å²) in [5.74, 6) is 0.293. The largest absolute Gasteiger partial charge is 0.419 e. The molecule has 0 spiro atoms. The molecule has 0 bridgehead atoms. The lowest BCUT2D eigenvalue weighted by Crippen LogP contribution is -2.49. The molecular weight excluding hydrogens is 733 g/mol. The third kappa shape index (κ3) is 11.0. The molecule has 8 nitrogen and oxygen atoms in total. The van der Waals surface area contributed by atoms with Gasteiger partial charge >= 0.3 is 6.18 Å². The highest BCUT2D eigenvalue weighted by atomic mass is 19.4. The third-order valence-electron chi connectivity index (χ3n) is 13.9. The number of rotatable bonds is 14. The van der Waals surface area contributed by atoms with E-state index < -0.39 is 17.6 Å². The van der Waals surface area contributed by atoms with Crippen molar-refractivity contribution in [3.8, 4) is 0 Å². The molecule has 1 atom stereocenters. The first-order valence-corrected chi connectivity index (χ1v) is 21.9. The zero-order chi connectivity index (χ0) is 39.9. The lowest BCUT2D eigenvalue weighted by molar-refractivity contribution is -0.140. The highest BCUT2D eigenvalue weighted by Gasteiger charge is 2.36. The van der Waals surface area contributed by atoms with Crippen molar-refractivity contribution in [1.29, 1.82) is 0 Å². The van der Waals surface area contributed by atoms with Crippen molar-refractivity contribution in [2.45, 2.75) is 89.8 Å². The molecule has 2 aromatic rings. The minimum Gasteiger partial charge on any atom is -0.369 e. The van der Waals surface area contributed by atoms with Crippen LogP contribution in [0.3, 0.4) is 0 Å². The van der Waals surface area contributed by atoms with Gasteiger partial charge in [0.05, 0.1) is 23.8 Å². The topological polar surface area (TPSA) is 53.6 Å². The van der Waals surface area contributed by atoms with E-state index in [0.717, 1.165) is 104 Å². The minimum atomic E-state index is -4.71. The maximum Gasteiger partial charge on any atom is 0.419 e. The predicted octanol–water partition coefficient (Wildman–Crippen LogP) is 6.79. The van der Waals surface area contributed by atoms with E-state index in [1.807, 2.05) is 0 Å². The average molecular weight is 797 g/mol. The minimum absolute atomic E-state index is 0.0257. The number of halogens is 4. The molecule has 0 amide bonds. The molecule has 0 saturated carbocycles. The quantitative estimate of drug-likeness (QED) is 0.194. The van der Waals surface area contributed by atoms with Crippen LogP contribution in [0.1, 0.15) is 81.4 Å². The zero-order valence-corrected chi connectivity index (χ0v) is 34.1. The fourth-order valence-corrected chi connectivity index (χ4v) is 10.2. The molecule has 0 aromatic heterocycles. The van der Waals surface area contributed by atoms with Crippen LogP contribution in [0.15, 0.2) is 36.4 Å². The molecule has 4 heterocycles. The van der Waals surface area contributed by atoms with Gasteiger partial charge in [-0.2, -0.15) is 13.2 Å². The van der Waals surface area contributed by atoms with E-state index in [-0.39, 0.29) is 23.3 Å². The molecule has 2 aromatic carbocycles. The maximum atomic E-state index is 14.7. The predicted molar refractivity (Wildman–Crippen MR) is 219 cm³/mol. The molecule has 0 N–H and O–H groups in total. The molecule has 4 saturated heterocycles. The van der Waals surface area contributed by atoms with E-state index >= 15 is 0 Å². The molecule has 4 fully saturated rings. The summed E-state index contributed by atoms with van der Waals surface area (Å²) in [6.45, 7) is 14.4. The Morgan fingerprint density at radius 1 is 0.684 bits per heavy atom. The van der Waals surface area contributed by atoms with Crippen LogP contribution in [-0.2, 0) is 28.6 Å². The van der Waals surface area contributed by atoms with Crippen molar-refractivity contribution in [2.75, 3.05) is 108 Å². The fraction of sp³-hybridized carbons (Fsp3) is 0.689. The number of nitrogens with zero attached hydrogens (tertiary/aromatic N) is 6. The number of likely N-dealkylation sites (tertiary alicyclic amines) is 2. The smallest absolute Gasteiger partial charge is 0.369 e. The highest BCUT2D eigenvalue weighted by Crippen LogP contribution is 2.36. The van der Waals surface area contributed by atoms with E-state index in [9.17, 15) is 27.2 Å². The van der Waals surface area contributed by atoms with Crippen LogP contribution >= 0.6 is 0 Å². The molecule has 1 aliphatic carbocycles. The van der Waals surface area contributed by atoms with Gasteiger partial charge in [0, 0.05) is 64.5 Å². The second kappa shape index (κ2) is 19.3. The number of hydrogen-bond donors (Lipinski definition) is 0. The first-order valence-electron chi connectivity index (χ1n) is 21.9. The van der Waals surface area contributed by atoms with Crippen LogP contribution in [0.2, 0.25) is 0 Å². The van der Waals surface area contributed by atoms with E-state index in [1.54, 1.807) is 23.0 Å². The number of hydrogen-bond acceptors (Lipinski definition) is 8. The van der Waals surface area contributed by atoms with Crippen LogP contribution in [0.4, 0.5) is 28.9 Å². The van der Waals surface area contributed by atoms with Crippen molar-refractivity contribution < 1.29 is 27.2 Å². The number of benzene rings is 2. The van der Waals surface area contributed by atoms with Gasteiger partial charge < -0.3 is 9.80 Å². The third-order valence-corrected chi connectivity index (χ3v) is 13.9. The first-order chi connectivity index (χ1) is 27.5. The van der Waals surface area contributed by atoms with Gasteiger partial charge in [-0.1, -0.05) is 18.2 Å². The van der Waals surface area contributed by atoms with E-state index in [1.165, 1.54) is 49.9 Å². The summed E-state index contributed by atoms with van der Waals surface area (Å²) in [4.78, 5) is 39.9. The van der Waals surface area contributed by atoms with Gasteiger partial charge in [0.1, 0.15) is 11.6 Å². The number of carbonyl (C=O) groups is 2. The van der Waals surface area contributed by atoms with Gasteiger partial charge in [-0.3, -0.25) is 29.2 Å². The summed E-state index contributed by atoms with van der Waals surface area (Å²) in [6.07, 6.45) is 7.13. The van der Waals surface area contributed by atoms with Crippen molar-refractivity contribution in [3.05, 3.63) is 58.9 Å². The Kier molecular flexibility index (Phi) is 14.3. The Morgan fingerprint density at radius 3 is 1.82 bits per heavy atom. The van der Waals surface area contributed by atoms with Crippen LogP contribution in [0, 0.1) is 17.7 Å². The summed E-state index contributed by atoms with van der Waals surface area (Å²) in [5, 5.41) is 0. The number of fused-ring (bicyclic) bond motifs is 1. The Hall–Kier alpha value is -3.06. The van der Waals surface area contributed by atoms with Crippen molar-refractivity contribution in [3.63, 3.8) is 0 Å². The van der Waals surface area contributed by atoms with Crippen LogP contribution in [0.25, 0.3) is 0 Å². The molecule has 1 unspecified atom stereocenters. The average Bonchev–Trinajstić information content (AvgIpc) is 3.22. The number of carbonyl (C=O) groups excluding carboxylic acids is 2. The van der Waals surface area contributed by atoms with Gasteiger partial charge in [-0.05, 0) is 152 Å². The number of ketones is 2. The van der Waals surface area contributed by atoms with Gasteiger partial charge in [-0.25, -0.2) is 4.39 Å². The Labute approximate surface area is 337 Å². The van der Waals surface area contributed by atoms with Crippen molar-refractivity contribution in [2.24, 2.45) is 11.8 Å². The molecule has 4 aliphatic heterocycles. The molecule has 0 radical (unpaired) electrons. The van der Waals surface area contributed by atoms with Crippen molar-refractivity contribution >= 4 is 22.9 Å². The lowest BCUT2D eigenvalue weighted by Gasteiger charge is -2.40. The van der Waals surface area contributed by atoms with Gasteiger partial charge in [-0.15, -0.1) is 0 Å². The second-order valence-corrected chi connectivity index (χ2v) is 17.6. The van der Waals surface area contributed by atoms with E-state index in [2.05, 4.69) is 42.7 Å². The molecule has 12 heteroatoms. The summed E-state index contributed by atoms with van der Waals surface area (Å²) in [5.41, 5.74) is 3.44. The Morgan fingerprint density at radius 2 is 1.23 bits per heavy atom. The summed E-state index contributed by atoms with van der Waals surface area (Å²) >= 11 is 0. The standard InChI is InChI=1S/C45H64F4N6O2/c1-34(56)43(53-22-16-36(17-23-53)13-19-50-24-28-54(29-25-50)41-10-4-7-37-6-2-3-8-39(37)41)32-38(57)33-52-20-14-35(15-21-52)12-18-51-26-30-55(31-27-51)42-11-5-9-40(44(42)46)45(47,48)49/h4-5,7,9-11,35-36,43H,2-3,6,8,12-33H2,1H3. The van der Waals surface area contributed by atoms with Gasteiger partial charge in [0.15, 0.2) is 5.82 Å². The first kappa shape index (κ1) is 42.1. The fourth-order valence-electron chi connectivity index (χ4n) is 10.2. The van der Waals surface area contributed by atoms with Crippen LogP contribution < -0.4 is 9.80 Å². The SMILES string of the molecule is CC(=O)C(CC(=O)CN1CCC(CCN2CCN(c3cccc(C(F)(F)F)c3F)CC2)CC1)N1CCC(CCN2CCN(c3cccc4c3CCCC4)CC2)CC1. The summed E-state index contributed by atoms with van der Waals surface area (Å²) in [6, 6.07) is 10.1. The summed E-state index contributed by atoms with van der Waals surface area (Å²) in [7, 11) is 0. The van der Waals surface area contributed by atoms with E-state index in [0.29, 0.717) is 51.0 Å². The second-order valence-electron chi connectivity index (χ2n) is 17.6. The molecule has 7 rings (SSSR count). The zero-order valence-electron chi connectivity index (χ0n) is 34.1. The maximum absolute atomic E-state index is 14.7.